The van der Waals surface area contributed by atoms with E-state index in [0.717, 1.165) is 11.1 Å². The van der Waals surface area contributed by atoms with Crippen LogP contribution in [0.15, 0.2) is 42.5 Å². The van der Waals surface area contributed by atoms with E-state index in [9.17, 15) is 4.39 Å². The first-order valence-electron chi connectivity index (χ1n) is 6.79. The van der Waals surface area contributed by atoms with E-state index in [4.69, 9.17) is 10.5 Å². The molecule has 106 valence electrons. The van der Waals surface area contributed by atoms with Gasteiger partial charge in [0.15, 0.2) is 0 Å². The van der Waals surface area contributed by atoms with Crippen LogP contribution in [0, 0.1) is 5.82 Å². The second kappa shape index (κ2) is 6.53. The second-order valence-electron chi connectivity index (χ2n) is 5.18. The Labute approximate surface area is 119 Å². The topological polar surface area (TPSA) is 35.2 Å². The number of hydrogen-bond acceptors (Lipinski definition) is 2. The van der Waals surface area contributed by atoms with Crippen molar-refractivity contribution in [3.63, 3.8) is 0 Å². The van der Waals surface area contributed by atoms with Crippen molar-refractivity contribution in [3.05, 3.63) is 65.0 Å². The van der Waals surface area contributed by atoms with Crippen molar-refractivity contribution in [1.29, 1.82) is 0 Å². The van der Waals surface area contributed by atoms with Crippen LogP contribution in [0.2, 0.25) is 0 Å². The van der Waals surface area contributed by atoms with Crippen molar-refractivity contribution in [1.82, 2.24) is 0 Å². The first-order valence-corrected chi connectivity index (χ1v) is 6.79. The highest BCUT2D eigenvalue weighted by Crippen LogP contribution is 2.19. The van der Waals surface area contributed by atoms with Crippen molar-refractivity contribution in [3.8, 4) is 5.75 Å². The van der Waals surface area contributed by atoms with E-state index >= 15 is 0 Å². The van der Waals surface area contributed by atoms with Gasteiger partial charge in [0.1, 0.15) is 18.2 Å². The Balaban J connectivity index is 2.03. The fourth-order valence-corrected chi connectivity index (χ4v) is 1.99. The summed E-state index contributed by atoms with van der Waals surface area (Å²) < 4.78 is 19.0. The zero-order valence-electron chi connectivity index (χ0n) is 11.9. The Bertz CT molecular complexity index is 564. The lowest BCUT2D eigenvalue weighted by Gasteiger charge is -2.10. The van der Waals surface area contributed by atoms with E-state index in [1.807, 2.05) is 12.1 Å². The zero-order valence-corrected chi connectivity index (χ0v) is 11.9. The van der Waals surface area contributed by atoms with Gasteiger partial charge in [-0.3, -0.25) is 0 Å². The van der Waals surface area contributed by atoms with Gasteiger partial charge in [-0.05, 0) is 34.7 Å². The highest BCUT2D eigenvalue weighted by atomic mass is 19.1. The van der Waals surface area contributed by atoms with Crippen molar-refractivity contribution in [2.45, 2.75) is 32.9 Å². The molecule has 0 atom stereocenters. The van der Waals surface area contributed by atoms with E-state index in [1.165, 1.54) is 17.7 Å². The molecule has 0 heterocycles. The van der Waals surface area contributed by atoms with Gasteiger partial charge in [0.05, 0.1) is 0 Å². The fourth-order valence-electron chi connectivity index (χ4n) is 1.99. The van der Waals surface area contributed by atoms with Crippen LogP contribution >= 0.6 is 0 Å². The first kappa shape index (κ1) is 14.5. The van der Waals surface area contributed by atoms with Crippen LogP contribution in [0.25, 0.3) is 0 Å². The van der Waals surface area contributed by atoms with Crippen LogP contribution in [0.1, 0.15) is 36.5 Å². The van der Waals surface area contributed by atoms with Crippen LogP contribution in [0.4, 0.5) is 4.39 Å². The van der Waals surface area contributed by atoms with Crippen LogP contribution in [-0.2, 0) is 13.2 Å². The predicted octanol–water partition coefficient (Wildman–Crippen LogP) is 3.99. The van der Waals surface area contributed by atoms with Crippen LogP contribution in [0.3, 0.4) is 0 Å². The van der Waals surface area contributed by atoms with E-state index in [2.05, 4.69) is 26.0 Å². The highest BCUT2D eigenvalue weighted by Gasteiger charge is 2.03. The molecule has 0 aliphatic carbocycles. The SMILES string of the molecule is CC(C)c1ccc(COc2cc(F)cc(CN)c2)cc1. The van der Waals surface area contributed by atoms with Crippen molar-refractivity contribution >= 4 is 0 Å². The maximum absolute atomic E-state index is 13.3. The molecule has 0 spiro atoms. The molecule has 2 N–H and O–H groups in total. The van der Waals surface area contributed by atoms with Gasteiger partial charge in [0.2, 0.25) is 0 Å². The molecule has 20 heavy (non-hydrogen) atoms. The molecular formula is C17H20FNO. The number of nitrogens with two attached hydrogens (primary N) is 1. The van der Waals surface area contributed by atoms with E-state index in [1.54, 1.807) is 6.07 Å². The van der Waals surface area contributed by atoms with Crippen molar-refractivity contribution in [2.24, 2.45) is 5.73 Å². The highest BCUT2D eigenvalue weighted by molar-refractivity contribution is 5.30. The van der Waals surface area contributed by atoms with E-state index < -0.39 is 0 Å². The smallest absolute Gasteiger partial charge is 0.127 e. The fraction of sp³-hybridized carbons (Fsp3) is 0.294. The molecular weight excluding hydrogens is 253 g/mol. The molecule has 0 unspecified atom stereocenters. The van der Waals surface area contributed by atoms with Gasteiger partial charge >= 0.3 is 0 Å². The van der Waals surface area contributed by atoms with Crippen LogP contribution < -0.4 is 10.5 Å². The molecule has 0 aliphatic heterocycles. The lowest BCUT2D eigenvalue weighted by molar-refractivity contribution is 0.304. The Morgan fingerprint density at radius 1 is 1.05 bits per heavy atom. The second-order valence-corrected chi connectivity index (χ2v) is 5.18. The molecule has 0 aromatic heterocycles. The minimum atomic E-state index is -0.321. The summed E-state index contributed by atoms with van der Waals surface area (Å²) in [5.74, 6) is 0.705. The maximum Gasteiger partial charge on any atom is 0.127 e. The minimum Gasteiger partial charge on any atom is -0.489 e. The first-order chi connectivity index (χ1) is 9.58. The summed E-state index contributed by atoms with van der Waals surface area (Å²) in [6.07, 6.45) is 0. The third-order valence-electron chi connectivity index (χ3n) is 3.22. The van der Waals surface area contributed by atoms with Crippen LogP contribution in [0.5, 0.6) is 5.75 Å². The summed E-state index contributed by atoms with van der Waals surface area (Å²) in [4.78, 5) is 0. The average molecular weight is 273 g/mol. The normalized spacial score (nSPS) is 10.8. The van der Waals surface area contributed by atoms with Crippen molar-refractivity contribution in [2.75, 3.05) is 0 Å². The molecule has 0 aliphatic rings. The lowest BCUT2D eigenvalue weighted by Crippen LogP contribution is -2.00. The monoisotopic (exact) mass is 273 g/mol. The van der Waals surface area contributed by atoms with Gasteiger partial charge in [0.25, 0.3) is 0 Å². The molecule has 0 bridgehead atoms. The summed E-state index contributed by atoms with van der Waals surface area (Å²) >= 11 is 0. The van der Waals surface area contributed by atoms with E-state index in [-0.39, 0.29) is 5.82 Å². The largest absolute Gasteiger partial charge is 0.489 e. The molecule has 0 amide bonds. The quantitative estimate of drug-likeness (QED) is 0.894. The van der Waals surface area contributed by atoms with Gasteiger partial charge in [-0.15, -0.1) is 0 Å². The molecule has 0 saturated carbocycles. The number of halogens is 1. The third-order valence-corrected chi connectivity index (χ3v) is 3.22. The van der Waals surface area contributed by atoms with Gasteiger partial charge < -0.3 is 10.5 Å². The average Bonchev–Trinajstić information content (AvgIpc) is 2.45. The molecule has 2 aromatic rings. The molecule has 0 fully saturated rings. The number of ether oxygens (including phenoxy) is 1. The summed E-state index contributed by atoms with van der Waals surface area (Å²) in [5.41, 5.74) is 8.61. The van der Waals surface area contributed by atoms with Crippen molar-refractivity contribution < 1.29 is 9.13 Å². The van der Waals surface area contributed by atoms with Crippen LogP contribution in [-0.4, -0.2) is 0 Å². The molecule has 3 heteroatoms. The minimum absolute atomic E-state index is 0.303. The molecule has 2 rings (SSSR count). The third kappa shape index (κ3) is 3.81. The summed E-state index contributed by atoms with van der Waals surface area (Å²) in [7, 11) is 0. The van der Waals surface area contributed by atoms with Gasteiger partial charge in [-0.2, -0.15) is 0 Å². The maximum atomic E-state index is 13.3. The Hall–Kier alpha value is -1.87. The summed E-state index contributed by atoms with van der Waals surface area (Å²) in [5, 5.41) is 0. The molecule has 2 nitrogen and oxygen atoms in total. The summed E-state index contributed by atoms with van der Waals surface area (Å²) in [6, 6.07) is 12.8. The number of rotatable bonds is 5. The Morgan fingerprint density at radius 3 is 2.35 bits per heavy atom. The molecule has 0 radical (unpaired) electrons. The number of hydrogen-bond donors (Lipinski definition) is 1. The Kier molecular flexibility index (Phi) is 4.74. The Morgan fingerprint density at radius 2 is 1.75 bits per heavy atom. The van der Waals surface area contributed by atoms with Gasteiger partial charge in [0, 0.05) is 12.6 Å². The number of benzene rings is 2. The standard InChI is InChI=1S/C17H20FNO/c1-12(2)15-5-3-13(4-6-15)11-20-17-8-14(10-19)7-16(18)9-17/h3-9,12H,10-11,19H2,1-2H3. The summed E-state index contributed by atoms with van der Waals surface area (Å²) in [6.45, 7) is 5.04. The molecule has 2 aromatic carbocycles. The zero-order chi connectivity index (χ0) is 14.5. The lowest BCUT2D eigenvalue weighted by atomic mass is 10.0. The molecule has 0 saturated heterocycles. The predicted molar refractivity (Wildman–Crippen MR) is 79.2 cm³/mol. The van der Waals surface area contributed by atoms with E-state index in [0.29, 0.717) is 24.8 Å². The van der Waals surface area contributed by atoms with Gasteiger partial charge in [-0.1, -0.05) is 38.1 Å². The van der Waals surface area contributed by atoms with Gasteiger partial charge in [-0.25, -0.2) is 4.39 Å².